The van der Waals surface area contributed by atoms with Gasteiger partial charge in [0, 0.05) is 34.3 Å². The van der Waals surface area contributed by atoms with E-state index in [1.807, 2.05) is 0 Å². The van der Waals surface area contributed by atoms with Crippen LogP contribution in [0.2, 0.25) is 0 Å². The van der Waals surface area contributed by atoms with Crippen LogP contribution in [-0.4, -0.2) is 76.5 Å². The number of carbonyl (C=O) groups excluding carboxylic acids is 4. The molecule has 1 aromatic rings. The second-order valence-electron chi connectivity index (χ2n) is 9.10. The maximum atomic E-state index is 12.0. The van der Waals surface area contributed by atoms with Crippen LogP contribution < -0.4 is 0 Å². The molecule has 38 heavy (non-hydrogen) atoms. The number of hydrogen-bond acceptors (Lipinski definition) is 12. The normalized spacial score (nSPS) is 22.9. The first-order valence-corrected chi connectivity index (χ1v) is 12.9. The molecule has 0 spiro atoms. The average Bonchev–Trinajstić information content (AvgIpc) is 3.30. The molecule has 13 nitrogen and oxygen atoms in total. The Labute approximate surface area is 222 Å². The van der Waals surface area contributed by atoms with Crippen LogP contribution in [0, 0.1) is 0 Å². The van der Waals surface area contributed by atoms with Crippen molar-refractivity contribution < 1.29 is 47.6 Å². The highest BCUT2D eigenvalue weighted by atomic mass is 16.7. The van der Waals surface area contributed by atoms with Crippen molar-refractivity contribution >= 4 is 23.9 Å². The molecule has 1 aliphatic heterocycles. The van der Waals surface area contributed by atoms with E-state index in [0.717, 1.165) is 26.7 Å². The van der Waals surface area contributed by atoms with Gasteiger partial charge in [0.2, 0.25) is 0 Å². The predicted octanol–water partition coefficient (Wildman–Crippen LogP) is 2.41. The molecule has 1 saturated heterocycles. The molecule has 0 aromatic carbocycles. The summed E-state index contributed by atoms with van der Waals surface area (Å²) in [5, 5.41) is 8.19. The summed E-state index contributed by atoms with van der Waals surface area (Å²) in [6.45, 7) is 7.36. The minimum atomic E-state index is -1.28. The monoisotopic (exact) mass is 541 g/mol. The predicted molar refractivity (Wildman–Crippen MR) is 130 cm³/mol. The Bertz CT molecular complexity index is 921. The lowest BCUT2D eigenvalue weighted by Gasteiger charge is -2.44. The van der Waals surface area contributed by atoms with E-state index >= 15 is 0 Å². The zero-order valence-electron chi connectivity index (χ0n) is 22.8. The molecule has 0 unspecified atom stereocenters. The fraction of sp³-hybridized carbons (Fsp3) is 0.760. The molecule has 5 atom stereocenters. The number of nitrogens with zero attached hydrogens (tertiary/aromatic N) is 3. The molecular weight excluding hydrogens is 502 g/mol. The van der Waals surface area contributed by atoms with E-state index in [1.165, 1.54) is 44.2 Å². The van der Waals surface area contributed by atoms with E-state index in [0.29, 0.717) is 12.3 Å². The zero-order chi connectivity index (χ0) is 28.1. The minimum absolute atomic E-state index is 0.209. The summed E-state index contributed by atoms with van der Waals surface area (Å²) in [6, 6.07) is 0. The maximum absolute atomic E-state index is 12.0. The van der Waals surface area contributed by atoms with Gasteiger partial charge in [0.1, 0.15) is 18.4 Å². The van der Waals surface area contributed by atoms with Crippen molar-refractivity contribution in [2.45, 2.75) is 110 Å². The van der Waals surface area contributed by atoms with Crippen LogP contribution in [-0.2, 0) is 54.2 Å². The third-order valence-electron chi connectivity index (χ3n) is 5.68. The Balaban J connectivity index is 2.21. The van der Waals surface area contributed by atoms with Crippen LogP contribution in [0.5, 0.6) is 0 Å². The van der Waals surface area contributed by atoms with Gasteiger partial charge < -0.3 is 28.4 Å². The molecule has 2 rings (SSSR count). The second kappa shape index (κ2) is 16.0. The largest absolute Gasteiger partial charge is 0.463 e. The quantitative estimate of drug-likeness (QED) is 0.182. The van der Waals surface area contributed by atoms with Gasteiger partial charge in [0.15, 0.2) is 24.5 Å². The van der Waals surface area contributed by atoms with Crippen LogP contribution in [0.1, 0.15) is 85.1 Å². The molecule has 0 bridgehead atoms. The molecule has 1 aromatic heterocycles. The highest BCUT2D eigenvalue weighted by molar-refractivity contribution is 5.68. The first kappa shape index (κ1) is 31.2. The molecule has 0 N–H and O–H groups in total. The lowest BCUT2D eigenvalue weighted by Crippen LogP contribution is -2.60. The lowest BCUT2D eigenvalue weighted by molar-refractivity contribution is -0.270. The molecule has 2 heterocycles. The van der Waals surface area contributed by atoms with Gasteiger partial charge in [-0.15, -0.1) is 5.10 Å². The number of aromatic nitrogens is 3. The smallest absolute Gasteiger partial charge is 0.303 e. The summed E-state index contributed by atoms with van der Waals surface area (Å²) >= 11 is 0. The van der Waals surface area contributed by atoms with Crippen LogP contribution in [0.15, 0.2) is 6.20 Å². The van der Waals surface area contributed by atoms with Gasteiger partial charge in [-0.25, -0.2) is 4.68 Å². The van der Waals surface area contributed by atoms with Crippen molar-refractivity contribution in [3.63, 3.8) is 0 Å². The molecule has 0 aliphatic carbocycles. The molecule has 13 heteroatoms. The number of ether oxygens (including phenoxy) is 6. The van der Waals surface area contributed by atoms with Gasteiger partial charge in [-0.05, 0) is 6.42 Å². The van der Waals surface area contributed by atoms with Crippen LogP contribution >= 0.6 is 0 Å². The van der Waals surface area contributed by atoms with Gasteiger partial charge >= 0.3 is 23.9 Å². The van der Waals surface area contributed by atoms with Crippen molar-refractivity contribution in [2.75, 3.05) is 13.2 Å². The Kier molecular flexibility index (Phi) is 13.1. The third-order valence-corrected chi connectivity index (χ3v) is 5.68. The third kappa shape index (κ3) is 10.4. The molecule has 0 amide bonds. The summed E-state index contributed by atoms with van der Waals surface area (Å²) in [5.74, 6) is -2.69. The Morgan fingerprint density at radius 2 is 1.45 bits per heavy atom. The van der Waals surface area contributed by atoms with Gasteiger partial charge in [0.25, 0.3) is 0 Å². The summed E-state index contributed by atoms with van der Waals surface area (Å²) < 4.78 is 34.4. The van der Waals surface area contributed by atoms with Gasteiger partial charge in [-0.1, -0.05) is 44.2 Å². The maximum Gasteiger partial charge on any atom is 0.303 e. The molecule has 214 valence electrons. The first-order chi connectivity index (χ1) is 18.1. The van der Waals surface area contributed by atoms with Crippen molar-refractivity contribution in [2.24, 2.45) is 0 Å². The van der Waals surface area contributed by atoms with Gasteiger partial charge in [0.05, 0.1) is 12.8 Å². The lowest BCUT2D eigenvalue weighted by atomic mass is 9.97. The number of carbonyl (C=O) groups is 4. The highest BCUT2D eigenvalue weighted by Gasteiger charge is 2.53. The van der Waals surface area contributed by atoms with Crippen molar-refractivity contribution in [3.05, 3.63) is 11.9 Å². The highest BCUT2D eigenvalue weighted by Crippen LogP contribution is 2.34. The summed E-state index contributed by atoms with van der Waals surface area (Å²) in [6.07, 6.45) is 2.45. The average molecular weight is 542 g/mol. The van der Waals surface area contributed by atoms with E-state index in [2.05, 4.69) is 17.2 Å². The zero-order valence-corrected chi connectivity index (χ0v) is 22.8. The van der Waals surface area contributed by atoms with E-state index in [9.17, 15) is 19.2 Å². The topological polar surface area (TPSA) is 154 Å². The molecule has 1 fully saturated rings. The molecule has 0 radical (unpaired) electrons. The van der Waals surface area contributed by atoms with E-state index in [-0.39, 0.29) is 13.2 Å². The van der Waals surface area contributed by atoms with Crippen LogP contribution in [0.25, 0.3) is 0 Å². The van der Waals surface area contributed by atoms with E-state index in [4.69, 9.17) is 28.4 Å². The van der Waals surface area contributed by atoms with E-state index < -0.39 is 54.5 Å². The standard InChI is InChI=1S/C25H39N3O10/c1-6-7-8-9-10-11-12-33-14-20-13-28(27-26-20)25-24(37-19(5)32)23(36-18(4)31)22(35-17(3)30)21(38-25)15-34-16(2)29/h13,21-25H,6-12,14-15H2,1-5H3/t21-,22+,23+,24-,25-/m1/s1. The Morgan fingerprint density at radius 1 is 0.842 bits per heavy atom. The van der Waals surface area contributed by atoms with E-state index in [1.54, 1.807) is 6.20 Å². The summed E-state index contributed by atoms with van der Waals surface area (Å²) in [5.41, 5.74) is 0.504. The van der Waals surface area contributed by atoms with Crippen LogP contribution in [0.4, 0.5) is 0 Å². The number of unbranched alkanes of at least 4 members (excludes halogenated alkanes) is 5. The Morgan fingerprint density at radius 3 is 2.08 bits per heavy atom. The minimum Gasteiger partial charge on any atom is -0.463 e. The summed E-state index contributed by atoms with van der Waals surface area (Å²) in [4.78, 5) is 47.3. The van der Waals surface area contributed by atoms with Crippen molar-refractivity contribution in [1.29, 1.82) is 0 Å². The Hall–Kier alpha value is -3.06. The van der Waals surface area contributed by atoms with Gasteiger partial charge in [-0.3, -0.25) is 19.2 Å². The van der Waals surface area contributed by atoms with Crippen LogP contribution in [0.3, 0.4) is 0 Å². The number of rotatable bonds is 15. The first-order valence-electron chi connectivity index (χ1n) is 12.9. The summed E-state index contributed by atoms with van der Waals surface area (Å²) in [7, 11) is 0. The van der Waals surface area contributed by atoms with Crippen molar-refractivity contribution in [1.82, 2.24) is 15.0 Å². The number of esters is 4. The van der Waals surface area contributed by atoms with Crippen molar-refractivity contribution in [3.8, 4) is 0 Å². The second-order valence-corrected chi connectivity index (χ2v) is 9.10. The fourth-order valence-corrected chi connectivity index (χ4v) is 4.08. The molecular formula is C25H39N3O10. The molecule has 0 saturated carbocycles. The SMILES string of the molecule is CCCCCCCCOCc1cn([C@@H]2O[C@H](COC(C)=O)[C@H](OC(C)=O)[C@H](OC(C)=O)[C@H]2OC(C)=O)nn1. The molecule has 1 aliphatic rings. The number of hydrogen-bond donors (Lipinski definition) is 0. The fourth-order valence-electron chi connectivity index (χ4n) is 4.08. The van der Waals surface area contributed by atoms with Gasteiger partial charge in [-0.2, -0.15) is 0 Å².